The zero-order chi connectivity index (χ0) is 6.74. The van der Waals surface area contributed by atoms with Crippen LogP contribution in [-0.4, -0.2) is 18.5 Å². The predicted molar refractivity (Wildman–Crippen MR) is 35.4 cm³/mol. The van der Waals surface area contributed by atoms with Gasteiger partial charge in [-0.3, -0.25) is 0 Å². The monoisotopic (exact) mass is 150 g/mol. The Morgan fingerprint density at radius 1 is 1.22 bits per heavy atom. The maximum absolute atomic E-state index is 5.73. The van der Waals surface area contributed by atoms with Crippen molar-refractivity contribution >= 4 is 11.6 Å². The van der Waals surface area contributed by atoms with E-state index in [1.807, 2.05) is 0 Å². The molecule has 1 heterocycles. The van der Waals surface area contributed by atoms with Gasteiger partial charge in [-0.05, 0) is 12.8 Å². The van der Waals surface area contributed by atoms with Crippen molar-refractivity contribution in [2.75, 3.05) is 13.2 Å². The van der Waals surface area contributed by atoms with Crippen molar-refractivity contribution in [1.82, 2.24) is 0 Å². The normalized spacial score (nSPS) is 27.3. The molecule has 0 radical (unpaired) electrons. The van der Waals surface area contributed by atoms with Gasteiger partial charge in [-0.15, -0.1) is 0 Å². The highest BCUT2D eigenvalue weighted by atomic mass is 35.5. The van der Waals surface area contributed by atoms with Crippen molar-refractivity contribution in [3.05, 3.63) is 0 Å². The molecule has 0 N–H and O–H groups in total. The van der Waals surface area contributed by atoms with Crippen molar-refractivity contribution in [2.45, 2.75) is 25.0 Å². The Bertz CT molecular complexity index is 83.1. The molecule has 2 nitrogen and oxygen atoms in total. The van der Waals surface area contributed by atoms with Crippen LogP contribution in [0.2, 0.25) is 0 Å². The Morgan fingerprint density at radius 3 is 2.11 bits per heavy atom. The average molecular weight is 151 g/mol. The molecule has 0 spiro atoms. The molecule has 0 unspecified atom stereocenters. The van der Waals surface area contributed by atoms with Gasteiger partial charge < -0.3 is 9.47 Å². The molecule has 1 aliphatic heterocycles. The minimum absolute atomic E-state index is 0.708. The number of hydrogen-bond donors (Lipinski definition) is 0. The van der Waals surface area contributed by atoms with E-state index in [4.69, 9.17) is 21.1 Å². The van der Waals surface area contributed by atoms with Gasteiger partial charge in [0.2, 0.25) is 5.25 Å². The van der Waals surface area contributed by atoms with E-state index >= 15 is 0 Å². The van der Waals surface area contributed by atoms with Gasteiger partial charge in [0.25, 0.3) is 0 Å². The Balaban J connectivity index is 2.36. The van der Waals surface area contributed by atoms with Gasteiger partial charge in [0.15, 0.2) is 0 Å². The summed E-state index contributed by atoms with van der Waals surface area (Å²) in [5.74, 6) is 0. The first-order valence-electron chi connectivity index (χ1n) is 3.17. The van der Waals surface area contributed by atoms with E-state index < -0.39 is 5.25 Å². The quantitative estimate of drug-likeness (QED) is 0.490. The van der Waals surface area contributed by atoms with Gasteiger partial charge in [-0.2, -0.15) is 0 Å². The molecular formula is C6H11ClO2. The van der Waals surface area contributed by atoms with Gasteiger partial charge in [0.1, 0.15) is 0 Å². The van der Waals surface area contributed by atoms with Crippen LogP contribution >= 0.6 is 11.6 Å². The summed E-state index contributed by atoms with van der Waals surface area (Å²) in [6, 6.07) is 0. The van der Waals surface area contributed by atoms with E-state index in [1.54, 1.807) is 6.92 Å². The molecule has 0 aromatic rings. The lowest BCUT2D eigenvalue weighted by Gasteiger charge is -2.19. The maximum Gasteiger partial charge on any atom is 0.245 e. The summed E-state index contributed by atoms with van der Waals surface area (Å²) in [4.78, 5) is 0. The van der Waals surface area contributed by atoms with Crippen LogP contribution in [0, 0.1) is 0 Å². The lowest BCUT2D eigenvalue weighted by atomic mass is 10.3. The smallest absolute Gasteiger partial charge is 0.245 e. The van der Waals surface area contributed by atoms with Crippen molar-refractivity contribution in [3.8, 4) is 0 Å². The topological polar surface area (TPSA) is 18.5 Å². The third-order valence-electron chi connectivity index (χ3n) is 1.26. The van der Waals surface area contributed by atoms with Crippen LogP contribution in [0.1, 0.15) is 19.8 Å². The first-order valence-corrected chi connectivity index (χ1v) is 3.55. The molecule has 9 heavy (non-hydrogen) atoms. The highest BCUT2D eigenvalue weighted by Gasteiger charge is 2.23. The van der Waals surface area contributed by atoms with Crippen LogP contribution in [0.5, 0.6) is 0 Å². The molecule has 0 amide bonds. The molecule has 0 aliphatic carbocycles. The second-order valence-electron chi connectivity index (χ2n) is 2.24. The molecule has 1 aliphatic rings. The predicted octanol–water partition coefficient (Wildman–Crippen LogP) is 1.73. The zero-order valence-electron chi connectivity index (χ0n) is 5.52. The fourth-order valence-corrected chi connectivity index (χ4v) is 0.909. The number of rotatable bonds is 0. The zero-order valence-corrected chi connectivity index (χ0v) is 6.28. The molecule has 1 saturated heterocycles. The van der Waals surface area contributed by atoms with E-state index in [-0.39, 0.29) is 0 Å². The van der Waals surface area contributed by atoms with Crippen molar-refractivity contribution < 1.29 is 9.47 Å². The second-order valence-corrected chi connectivity index (χ2v) is 2.93. The number of ether oxygens (including phenoxy) is 2. The van der Waals surface area contributed by atoms with Gasteiger partial charge in [-0.25, -0.2) is 0 Å². The maximum atomic E-state index is 5.73. The summed E-state index contributed by atoms with van der Waals surface area (Å²) >= 11 is 5.73. The van der Waals surface area contributed by atoms with E-state index in [2.05, 4.69) is 0 Å². The molecule has 54 valence electrons. The first kappa shape index (κ1) is 7.32. The summed E-state index contributed by atoms with van der Waals surface area (Å²) in [5.41, 5.74) is 0. The lowest BCUT2D eigenvalue weighted by molar-refractivity contribution is -0.149. The largest absolute Gasteiger partial charge is 0.338 e. The lowest BCUT2D eigenvalue weighted by Crippen LogP contribution is -2.23. The molecule has 1 rings (SSSR count). The Kier molecular flexibility index (Phi) is 2.33. The van der Waals surface area contributed by atoms with Crippen molar-refractivity contribution in [2.24, 2.45) is 0 Å². The number of halogens is 1. The first-order chi connectivity index (χ1) is 4.21. The Labute approximate surface area is 60.1 Å². The van der Waals surface area contributed by atoms with E-state index in [9.17, 15) is 0 Å². The van der Waals surface area contributed by atoms with Crippen molar-refractivity contribution in [1.29, 1.82) is 0 Å². The van der Waals surface area contributed by atoms with Gasteiger partial charge in [0, 0.05) is 6.92 Å². The third-order valence-corrected chi connectivity index (χ3v) is 1.48. The highest BCUT2D eigenvalue weighted by molar-refractivity contribution is 6.21. The number of alkyl halides is 1. The standard InChI is InChI=1S/C6H11ClO2/c1-6(7)8-4-2-3-5-9-6/h2-5H2,1H3. The van der Waals surface area contributed by atoms with Crippen LogP contribution in [0.4, 0.5) is 0 Å². The molecular weight excluding hydrogens is 140 g/mol. The molecule has 3 heteroatoms. The van der Waals surface area contributed by atoms with Gasteiger partial charge in [0.05, 0.1) is 13.2 Å². The number of hydrogen-bond acceptors (Lipinski definition) is 2. The van der Waals surface area contributed by atoms with E-state index in [0.717, 1.165) is 12.8 Å². The molecule has 0 aromatic carbocycles. The fraction of sp³-hybridized carbons (Fsp3) is 1.00. The molecule has 0 saturated carbocycles. The van der Waals surface area contributed by atoms with Crippen molar-refractivity contribution in [3.63, 3.8) is 0 Å². The van der Waals surface area contributed by atoms with Gasteiger partial charge in [-0.1, -0.05) is 11.6 Å². The summed E-state index contributed by atoms with van der Waals surface area (Å²) in [5, 5.41) is -0.865. The third kappa shape index (κ3) is 2.52. The summed E-state index contributed by atoms with van der Waals surface area (Å²) in [6.45, 7) is 3.14. The van der Waals surface area contributed by atoms with Gasteiger partial charge >= 0.3 is 0 Å². The van der Waals surface area contributed by atoms with Crippen LogP contribution in [-0.2, 0) is 9.47 Å². The Morgan fingerprint density at radius 2 is 1.67 bits per heavy atom. The van der Waals surface area contributed by atoms with Crippen LogP contribution < -0.4 is 0 Å². The highest BCUT2D eigenvalue weighted by Crippen LogP contribution is 2.21. The molecule has 1 fully saturated rings. The Hall–Kier alpha value is 0.210. The molecule has 0 bridgehead atoms. The SMILES string of the molecule is CC1(Cl)OCCCCO1. The summed E-state index contributed by atoms with van der Waals surface area (Å²) in [6.07, 6.45) is 2.09. The van der Waals surface area contributed by atoms with E-state index in [1.165, 1.54) is 0 Å². The minimum Gasteiger partial charge on any atom is -0.338 e. The van der Waals surface area contributed by atoms with Crippen LogP contribution in [0.25, 0.3) is 0 Å². The fourth-order valence-electron chi connectivity index (χ4n) is 0.755. The van der Waals surface area contributed by atoms with Crippen LogP contribution in [0.3, 0.4) is 0 Å². The molecule has 0 atom stereocenters. The van der Waals surface area contributed by atoms with E-state index in [0.29, 0.717) is 13.2 Å². The summed E-state index contributed by atoms with van der Waals surface area (Å²) in [7, 11) is 0. The average Bonchev–Trinajstić information content (AvgIpc) is 1.92. The minimum atomic E-state index is -0.865. The summed E-state index contributed by atoms with van der Waals surface area (Å²) < 4.78 is 10.3. The molecule has 0 aromatic heterocycles. The van der Waals surface area contributed by atoms with Crippen LogP contribution in [0.15, 0.2) is 0 Å². The second kappa shape index (κ2) is 2.86.